The standard InChI is InChI=1S/C18H26N2O4/c1-4-19(5-2)18(22)14-9-8-12-20(14)17(21)13-24-16-11-7-6-10-15(16)23-3/h6-7,10-11,14H,4-5,8-9,12-13H2,1-3H3. The second-order valence-electron chi connectivity index (χ2n) is 5.70. The molecule has 1 heterocycles. The first-order valence-electron chi connectivity index (χ1n) is 8.46. The van der Waals surface area contributed by atoms with E-state index in [0.29, 0.717) is 31.1 Å². The molecule has 6 nitrogen and oxygen atoms in total. The van der Waals surface area contributed by atoms with Crippen LogP contribution in [0.1, 0.15) is 26.7 Å². The van der Waals surface area contributed by atoms with Crippen LogP contribution in [0.3, 0.4) is 0 Å². The van der Waals surface area contributed by atoms with E-state index in [-0.39, 0.29) is 24.5 Å². The maximum absolute atomic E-state index is 12.6. The van der Waals surface area contributed by atoms with Crippen molar-refractivity contribution in [2.24, 2.45) is 0 Å². The van der Waals surface area contributed by atoms with Gasteiger partial charge in [-0.15, -0.1) is 0 Å². The highest BCUT2D eigenvalue weighted by Gasteiger charge is 2.35. The topological polar surface area (TPSA) is 59.1 Å². The first-order valence-corrected chi connectivity index (χ1v) is 8.46. The number of para-hydroxylation sites is 2. The summed E-state index contributed by atoms with van der Waals surface area (Å²) in [7, 11) is 1.56. The Hall–Kier alpha value is -2.24. The number of benzene rings is 1. The minimum atomic E-state index is -0.362. The highest BCUT2D eigenvalue weighted by atomic mass is 16.5. The van der Waals surface area contributed by atoms with Gasteiger partial charge in [0.05, 0.1) is 7.11 Å². The Morgan fingerprint density at radius 1 is 1.21 bits per heavy atom. The molecule has 1 unspecified atom stereocenters. The van der Waals surface area contributed by atoms with Gasteiger partial charge >= 0.3 is 0 Å². The molecule has 1 aromatic carbocycles. The zero-order valence-corrected chi connectivity index (χ0v) is 14.7. The molecule has 2 amide bonds. The fourth-order valence-electron chi connectivity index (χ4n) is 3.03. The van der Waals surface area contributed by atoms with E-state index >= 15 is 0 Å². The van der Waals surface area contributed by atoms with Crippen molar-refractivity contribution in [3.8, 4) is 11.5 Å². The number of carbonyl (C=O) groups excluding carboxylic acids is 2. The first-order chi connectivity index (χ1) is 11.6. The molecule has 0 radical (unpaired) electrons. The Bertz CT molecular complexity index is 572. The number of nitrogens with zero attached hydrogens (tertiary/aromatic N) is 2. The number of amides is 2. The second-order valence-corrected chi connectivity index (χ2v) is 5.70. The predicted octanol–water partition coefficient (Wildman–Crippen LogP) is 1.93. The number of likely N-dealkylation sites (N-methyl/N-ethyl adjacent to an activating group) is 1. The largest absolute Gasteiger partial charge is 0.493 e. The molecule has 2 rings (SSSR count). The highest BCUT2D eigenvalue weighted by Crippen LogP contribution is 2.26. The van der Waals surface area contributed by atoms with Crippen molar-refractivity contribution in [2.75, 3.05) is 33.4 Å². The maximum atomic E-state index is 12.6. The molecule has 1 fully saturated rings. The average Bonchev–Trinajstić information content (AvgIpc) is 3.10. The average molecular weight is 334 g/mol. The molecule has 1 aromatic rings. The Morgan fingerprint density at radius 3 is 2.50 bits per heavy atom. The zero-order valence-electron chi connectivity index (χ0n) is 14.7. The van der Waals surface area contributed by atoms with Gasteiger partial charge in [0.2, 0.25) is 5.91 Å². The van der Waals surface area contributed by atoms with Crippen LogP contribution in [-0.2, 0) is 9.59 Å². The molecular formula is C18H26N2O4. The number of likely N-dealkylation sites (tertiary alicyclic amines) is 1. The number of hydrogen-bond acceptors (Lipinski definition) is 4. The summed E-state index contributed by atoms with van der Waals surface area (Å²) in [4.78, 5) is 28.5. The SMILES string of the molecule is CCN(CC)C(=O)C1CCCN1C(=O)COc1ccccc1OC. The second kappa shape index (κ2) is 8.57. The molecule has 1 aliphatic heterocycles. The van der Waals surface area contributed by atoms with E-state index < -0.39 is 0 Å². The highest BCUT2D eigenvalue weighted by molar-refractivity contribution is 5.88. The van der Waals surface area contributed by atoms with Crippen LogP contribution >= 0.6 is 0 Å². The molecule has 6 heteroatoms. The van der Waals surface area contributed by atoms with Gasteiger partial charge in [-0.2, -0.15) is 0 Å². The van der Waals surface area contributed by atoms with Crippen molar-refractivity contribution in [3.63, 3.8) is 0 Å². The van der Waals surface area contributed by atoms with Gasteiger partial charge in [0.15, 0.2) is 18.1 Å². The number of carbonyl (C=O) groups is 2. The summed E-state index contributed by atoms with van der Waals surface area (Å²) in [5, 5.41) is 0. The van der Waals surface area contributed by atoms with Gasteiger partial charge in [0.25, 0.3) is 5.91 Å². The lowest BCUT2D eigenvalue weighted by Crippen LogP contribution is -2.48. The monoisotopic (exact) mass is 334 g/mol. The molecule has 0 spiro atoms. The lowest BCUT2D eigenvalue weighted by atomic mass is 10.2. The Balaban J connectivity index is 1.99. The summed E-state index contributed by atoms with van der Waals surface area (Å²) in [5.74, 6) is 0.980. The fraction of sp³-hybridized carbons (Fsp3) is 0.556. The maximum Gasteiger partial charge on any atom is 0.261 e. The van der Waals surface area contributed by atoms with Crippen molar-refractivity contribution in [1.29, 1.82) is 0 Å². The van der Waals surface area contributed by atoms with E-state index in [2.05, 4.69) is 0 Å². The lowest BCUT2D eigenvalue weighted by molar-refractivity contribution is -0.144. The molecular weight excluding hydrogens is 308 g/mol. The first kappa shape index (κ1) is 18.1. The lowest BCUT2D eigenvalue weighted by Gasteiger charge is -2.29. The van der Waals surface area contributed by atoms with Gasteiger partial charge in [-0.1, -0.05) is 12.1 Å². The summed E-state index contributed by atoms with van der Waals surface area (Å²) in [6, 6.07) is 6.84. The third kappa shape index (κ3) is 3.99. The van der Waals surface area contributed by atoms with Crippen LogP contribution in [0, 0.1) is 0 Å². The van der Waals surface area contributed by atoms with E-state index in [4.69, 9.17) is 9.47 Å². The predicted molar refractivity (Wildman–Crippen MR) is 91.2 cm³/mol. The van der Waals surface area contributed by atoms with Crippen molar-refractivity contribution in [2.45, 2.75) is 32.7 Å². The molecule has 1 aliphatic rings. The minimum Gasteiger partial charge on any atom is -0.493 e. The molecule has 132 valence electrons. The number of methoxy groups -OCH3 is 1. The van der Waals surface area contributed by atoms with Crippen molar-refractivity contribution >= 4 is 11.8 Å². The number of ether oxygens (including phenoxy) is 2. The fourth-order valence-corrected chi connectivity index (χ4v) is 3.03. The molecule has 0 bridgehead atoms. The van der Waals surface area contributed by atoms with Gasteiger partial charge in [-0.25, -0.2) is 0 Å². The van der Waals surface area contributed by atoms with Gasteiger partial charge in [-0.05, 0) is 38.8 Å². The molecule has 0 saturated carbocycles. The summed E-state index contributed by atoms with van der Waals surface area (Å²) < 4.78 is 10.8. The van der Waals surface area contributed by atoms with Crippen LogP contribution in [0.2, 0.25) is 0 Å². The van der Waals surface area contributed by atoms with Crippen molar-refractivity contribution in [3.05, 3.63) is 24.3 Å². The molecule has 1 saturated heterocycles. The third-order valence-electron chi connectivity index (χ3n) is 4.35. The Kier molecular flexibility index (Phi) is 6.46. The van der Waals surface area contributed by atoms with E-state index in [0.717, 1.165) is 12.8 Å². The molecule has 0 aromatic heterocycles. The van der Waals surface area contributed by atoms with Gasteiger partial charge in [-0.3, -0.25) is 9.59 Å². The summed E-state index contributed by atoms with van der Waals surface area (Å²) >= 11 is 0. The van der Waals surface area contributed by atoms with Crippen LogP contribution < -0.4 is 9.47 Å². The Labute approximate surface area is 143 Å². The third-order valence-corrected chi connectivity index (χ3v) is 4.35. The zero-order chi connectivity index (χ0) is 17.5. The van der Waals surface area contributed by atoms with Crippen LogP contribution in [-0.4, -0.2) is 61.0 Å². The van der Waals surface area contributed by atoms with Crippen LogP contribution in [0.15, 0.2) is 24.3 Å². The summed E-state index contributed by atoms with van der Waals surface area (Å²) in [6.07, 6.45) is 1.56. The molecule has 24 heavy (non-hydrogen) atoms. The summed E-state index contributed by atoms with van der Waals surface area (Å²) in [6.45, 7) is 5.73. The van der Waals surface area contributed by atoms with E-state index in [1.54, 1.807) is 29.0 Å². The summed E-state index contributed by atoms with van der Waals surface area (Å²) in [5.41, 5.74) is 0. The molecule has 0 aliphatic carbocycles. The minimum absolute atomic E-state index is 0.0307. The van der Waals surface area contributed by atoms with Gasteiger partial charge < -0.3 is 19.3 Å². The van der Waals surface area contributed by atoms with E-state index in [1.165, 1.54) is 0 Å². The molecule has 1 atom stereocenters. The molecule has 0 N–H and O–H groups in total. The van der Waals surface area contributed by atoms with Crippen molar-refractivity contribution < 1.29 is 19.1 Å². The Morgan fingerprint density at radius 2 is 1.88 bits per heavy atom. The van der Waals surface area contributed by atoms with Crippen molar-refractivity contribution in [1.82, 2.24) is 9.80 Å². The number of rotatable bonds is 7. The van der Waals surface area contributed by atoms with E-state index in [9.17, 15) is 9.59 Å². The van der Waals surface area contributed by atoms with Crippen LogP contribution in [0.5, 0.6) is 11.5 Å². The van der Waals surface area contributed by atoms with Crippen LogP contribution in [0.25, 0.3) is 0 Å². The quantitative estimate of drug-likeness (QED) is 0.764. The number of hydrogen-bond donors (Lipinski definition) is 0. The van der Waals surface area contributed by atoms with Gasteiger partial charge in [0.1, 0.15) is 6.04 Å². The smallest absolute Gasteiger partial charge is 0.261 e. The van der Waals surface area contributed by atoms with Gasteiger partial charge in [0, 0.05) is 19.6 Å². The van der Waals surface area contributed by atoms with Crippen LogP contribution in [0.4, 0.5) is 0 Å². The normalized spacial score (nSPS) is 16.8. The van der Waals surface area contributed by atoms with E-state index in [1.807, 2.05) is 26.0 Å².